The molecule has 2 aromatic heterocycles. The molecule has 0 saturated heterocycles. The van der Waals surface area contributed by atoms with E-state index in [0.717, 1.165) is 11.2 Å². The van der Waals surface area contributed by atoms with Gasteiger partial charge in [-0.25, -0.2) is 4.52 Å². The third kappa shape index (κ3) is 1.99. The van der Waals surface area contributed by atoms with Crippen molar-refractivity contribution in [2.45, 2.75) is 0 Å². The number of amides is 1. The molecule has 3 aromatic rings. The monoisotopic (exact) mass is 266 g/mol. The average Bonchev–Trinajstić information content (AvgIpc) is 2.90. The number of hydrogen-bond donors (Lipinski definition) is 1. The van der Waals surface area contributed by atoms with Crippen molar-refractivity contribution in [3.8, 4) is 0 Å². The SMILES string of the molecule is CN(C(=O)c1cnn2ccccc12)c1ccc(N)cc1. The number of anilines is 2. The van der Waals surface area contributed by atoms with Gasteiger partial charge < -0.3 is 10.6 Å². The molecule has 0 aliphatic heterocycles. The minimum Gasteiger partial charge on any atom is -0.399 e. The maximum atomic E-state index is 12.5. The molecule has 0 unspecified atom stereocenters. The van der Waals surface area contributed by atoms with Crippen LogP contribution in [0.1, 0.15) is 10.4 Å². The summed E-state index contributed by atoms with van der Waals surface area (Å²) >= 11 is 0. The number of benzene rings is 1. The summed E-state index contributed by atoms with van der Waals surface area (Å²) < 4.78 is 1.68. The normalized spacial score (nSPS) is 10.7. The Labute approximate surface area is 116 Å². The zero-order valence-corrected chi connectivity index (χ0v) is 11.0. The quantitative estimate of drug-likeness (QED) is 0.723. The third-order valence-electron chi connectivity index (χ3n) is 3.24. The maximum absolute atomic E-state index is 12.5. The minimum atomic E-state index is -0.101. The third-order valence-corrected chi connectivity index (χ3v) is 3.24. The first kappa shape index (κ1) is 12.2. The summed E-state index contributed by atoms with van der Waals surface area (Å²) in [6.45, 7) is 0. The number of fused-ring (bicyclic) bond motifs is 1. The van der Waals surface area contributed by atoms with Gasteiger partial charge in [0, 0.05) is 24.6 Å². The molecule has 0 aliphatic rings. The average molecular weight is 266 g/mol. The Morgan fingerprint density at radius 3 is 2.70 bits per heavy atom. The Morgan fingerprint density at radius 1 is 1.20 bits per heavy atom. The van der Waals surface area contributed by atoms with Crippen molar-refractivity contribution in [3.05, 3.63) is 60.4 Å². The van der Waals surface area contributed by atoms with Crippen molar-refractivity contribution in [3.63, 3.8) is 0 Å². The van der Waals surface area contributed by atoms with Gasteiger partial charge in [-0.1, -0.05) is 6.07 Å². The molecule has 2 heterocycles. The van der Waals surface area contributed by atoms with Crippen LogP contribution in [0.25, 0.3) is 5.52 Å². The van der Waals surface area contributed by atoms with Crippen LogP contribution in [0.4, 0.5) is 11.4 Å². The molecule has 0 fully saturated rings. The van der Waals surface area contributed by atoms with Crippen LogP contribution in [0.15, 0.2) is 54.9 Å². The van der Waals surface area contributed by atoms with Crippen molar-refractivity contribution >= 4 is 22.8 Å². The molecule has 2 N–H and O–H groups in total. The molecular formula is C15H14N4O. The molecule has 0 radical (unpaired) electrons. The number of nitrogen functional groups attached to an aromatic ring is 1. The van der Waals surface area contributed by atoms with Crippen LogP contribution in [0.3, 0.4) is 0 Å². The van der Waals surface area contributed by atoms with E-state index < -0.39 is 0 Å². The van der Waals surface area contributed by atoms with Crippen LogP contribution in [0.5, 0.6) is 0 Å². The number of hydrogen-bond acceptors (Lipinski definition) is 3. The van der Waals surface area contributed by atoms with E-state index in [9.17, 15) is 4.79 Å². The first-order valence-corrected chi connectivity index (χ1v) is 6.23. The van der Waals surface area contributed by atoms with E-state index in [4.69, 9.17) is 5.73 Å². The summed E-state index contributed by atoms with van der Waals surface area (Å²) in [5.74, 6) is -0.101. The summed E-state index contributed by atoms with van der Waals surface area (Å²) in [5.41, 5.74) is 8.48. The fourth-order valence-electron chi connectivity index (χ4n) is 2.10. The topological polar surface area (TPSA) is 63.6 Å². The minimum absolute atomic E-state index is 0.101. The van der Waals surface area contributed by atoms with E-state index in [1.54, 1.807) is 34.8 Å². The molecule has 1 amide bonds. The van der Waals surface area contributed by atoms with Gasteiger partial charge in [-0.15, -0.1) is 0 Å². The number of carbonyl (C=O) groups excluding carboxylic acids is 1. The molecular weight excluding hydrogens is 252 g/mol. The molecule has 5 heteroatoms. The van der Waals surface area contributed by atoms with Crippen molar-refractivity contribution in [2.24, 2.45) is 0 Å². The summed E-state index contributed by atoms with van der Waals surface area (Å²) in [7, 11) is 1.74. The molecule has 1 aromatic carbocycles. The molecule has 0 atom stereocenters. The lowest BCUT2D eigenvalue weighted by atomic mass is 10.2. The van der Waals surface area contributed by atoms with Gasteiger partial charge in [0.2, 0.25) is 0 Å². The van der Waals surface area contributed by atoms with Gasteiger partial charge in [0.1, 0.15) is 0 Å². The summed E-state index contributed by atoms with van der Waals surface area (Å²) in [6, 6.07) is 12.8. The van der Waals surface area contributed by atoms with E-state index in [1.165, 1.54) is 0 Å². The zero-order valence-electron chi connectivity index (χ0n) is 11.0. The molecule has 20 heavy (non-hydrogen) atoms. The van der Waals surface area contributed by atoms with Crippen LogP contribution >= 0.6 is 0 Å². The Kier molecular flexibility index (Phi) is 2.87. The Hall–Kier alpha value is -2.82. The van der Waals surface area contributed by atoms with Crippen LogP contribution in [-0.4, -0.2) is 22.6 Å². The summed E-state index contributed by atoms with van der Waals surface area (Å²) in [5, 5.41) is 4.18. The highest BCUT2D eigenvalue weighted by molar-refractivity contribution is 6.10. The first-order valence-electron chi connectivity index (χ1n) is 6.23. The fourth-order valence-corrected chi connectivity index (χ4v) is 2.10. The highest BCUT2D eigenvalue weighted by atomic mass is 16.2. The lowest BCUT2D eigenvalue weighted by Crippen LogP contribution is -2.26. The second kappa shape index (κ2) is 4.70. The van der Waals surface area contributed by atoms with Crippen molar-refractivity contribution < 1.29 is 4.79 Å². The number of carbonyl (C=O) groups is 1. The Bertz CT molecular complexity index is 761. The molecule has 0 aliphatic carbocycles. The van der Waals surface area contributed by atoms with Gasteiger partial charge >= 0.3 is 0 Å². The van der Waals surface area contributed by atoms with Gasteiger partial charge in [-0.2, -0.15) is 5.10 Å². The van der Waals surface area contributed by atoms with E-state index in [2.05, 4.69) is 5.10 Å². The van der Waals surface area contributed by atoms with E-state index in [0.29, 0.717) is 11.3 Å². The van der Waals surface area contributed by atoms with Gasteiger partial charge in [0.25, 0.3) is 5.91 Å². The van der Waals surface area contributed by atoms with Crippen molar-refractivity contribution in [2.75, 3.05) is 17.7 Å². The lowest BCUT2D eigenvalue weighted by Gasteiger charge is -2.16. The number of pyridine rings is 1. The summed E-state index contributed by atoms with van der Waals surface area (Å²) in [4.78, 5) is 14.1. The van der Waals surface area contributed by atoms with Crippen LogP contribution in [0.2, 0.25) is 0 Å². The predicted molar refractivity (Wildman–Crippen MR) is 78.8 cm³/mol. The molecule has 5 nitrogen and oxygen atoms in total. The van der Waals surface area contributed by atoms with Crippen molar-refractivity contribution in [1.82, 2.24) is 9.61 Å². The van der Waals surface area contributed by atoms with Gasteiger partial charge in [-0.05, 0) is 36.4 Å². The van der Waals surface area contributed by atoms with Gasteiger partial charge in [0.15, 0.2) is 0 Å². The smallest absolute Gasteiger partial charge is 0.261 e. The van der Waals surface area contributed by atoms with Crippen LogP contribution < -0.4 is 10.6 Å². The van der Waals surface area contributed by atoms with E-state index in [1.807, 2.05) is 36.5 Å². The second-order valence-corrected chi connectivity index (χ2v) is 4.54. The van der Waals surface area contributed by atoms with Crippen LogP contribution in [-0.2, 0) is 0 Å². The number of nitrogens with zero attached hydrogens (tertiary/aromatic N) is 3. The van der Waals surface area contributed by atoms with Gasteiger partial charge in [0.05, 0.1) is 17.3 Å². The van der Waals surface area contributed by atoms with Gasteiger partial charge in [-0.3, -0.25) is 4.79 Å². The lowest BCUT2D eigenvalue weighted by molar-refractivity contribution is 0.0994. The molecule has 100 valence electrons. The number of nitrogens with two attached hydrogens (primary N) is 1. The first-order chi connectivity index (χ1) is 9.66. The highest BCUT2D eigenvalue weighted by Gasteiger charge is 2.17. The predicted octanol–water partition coefficient (Wildman–Crippen LogP) is 2.19. The number of aromatic nitrogens is 2. The molecule has 0 spiro atoms. The molecule has 3 rings (SSSR count). The fraction of sp³-hybridized carbons (Fsp3) is 0.0667. The van der Waals surface area contributed by atoms with E-state index >= 15 is 0 Å². The van der Waals surface area contributed by atoms with E-state index in [-0.39, 0.29) is 5.91 Å². The second-order valence-electron chi connectivity index (χ2n) is 4.54. The standard InChI is InChI=1S/C15H14N4O/c1-18(12-7-5-11(16)6-8-12)15(20)13-10-17-19-9-3-2-4-14(13)19/h2-10H,16H2,1H3. The molecule has 0 saturated carbocycles. The van der Waals surface area contributed by atoms with Crippen LogP contribution in [0, 0.1) is 0 Å². The van der Waals surface area contributed by atoms with Crippen molar-refractivity contribution in [1.29, 1.82) is 0 Å². The number of rotatable bonds is 2. The maximum Gasteiger partial charge on any atom is 0.261 e. The Balaban J connectivity index is 1.97. The highest BCUT2D eigenvalue weighted by Crippen LogP contribution is 2.19. The summed E-state index contributed by atoms with van der Waals surface area (Å²) in [6.07, 6.45) is 3.40. The Morgan fingerprint density at radius 2 is 1.95 bits per heavy atom. The molecule has 0 bridgehead atoms. The zero-order chi connectivity index (χ0) is 14.1. The largest absolute Gasteiger partial charge is 0.399 e.